The molecule has 0 fully saturated rings. The largest absolute Gasteiger partial charge is 0.324 e. The van der Waals surface area contributed by atoms with Crippen molar-refractivity contribution in [2.24, 2.45) is 5.73 Å². The van der Waals surface area contributed by atoms with Gasteiger partial charge in [-0.25, -0.2) is 4.39 Å². The van der Waals surface area contributed by atoms with E-state index in [0.29, 0.717) is 10.9 Å². The lowest BCUT2D eigenvalue weighted by Gasteiger charge is -2.13. The molecule has 0 amide bonds. The van der Waals surface area contributed by atoms with Crippen LogP contribution in [0.3, 0.4) is 0 Å². The molecular formula is C15H19BrFN3. The number of hydrogen-bond acceptors (Lipinski definition) is 2. The van der Waals surface area contributed by atoms with Crippen molar-refractivity contribution in [1.82, 2.24) is 9.78 Å². The van der Waals surface area contributed by atoms with Crippen LogP contribution in [0.1, 0.15) is 36.8 Å². The molecule has 108 valence electrons. The van der Waals surface area contributed by atoms with Gasteiger partial charge in [-0.3, -0.25) is 4.68 Å². The molecule has 0 aliphatic heterocycles. The summed E-state index contributed by atoms with van der Waals surface area (Å²) in [5, 5.41) is 4.51. The average Bonchev–Trinajstić information content (AvgIpc) is 2.79. The molecule has 0 saturated heterocycles. The van der Waals surface area contributed by atoms with Crippen molar-refractivity contribution in [2.45, 2.75) is 39.3 Å². The van der Waals surface area contributed by atoms with E-state index >= 15 is 0 Å². The zero-order valence-corrected chi connectivity index (χ0v) is 13.3. The molecule has 20 heavy (non-hydrogen) atoms. The number of halogens is 2. The van der Waals surface area contributed by atoms with Gasteiger partial charge in [0.15, 0.2) is 0 Å². The monoisotopic (exact) mass is 339 g/mol. The van der Waals surface area contributed by atoms with Gasteiger partial charge in [0.1, 0.15) is 5.82 Å². The van der Waals surface area contributed by atoms with Crippen LogP contribution >= 0.6 is 15.9 Å². The Morgan fingerprint density at radius 2 is 2.05 bits per heavy atom. The Morgan fingerprint density at radius 3 is 2.65 bits per heavy atom. The first-order chi connectivity index (χ1) is 9.53. The summed E-state index contributed by atoms with van der Waals surface area (Å²) in [6.45, 7) is 4.95. The van der Waals surface area contributed by atoms with E-state index in [0.717, 1.165) is 29.9 Å². The van der Waals surface area contributed by atoms with Crippen LogP contribution in [0.4, 0.5) is 4.39 Å². The topological polar surface area (TPSA) is 43.8 Å². The van der Waals surface area contributed by atoms with Crippen LogP contribution in [-0.2, 0) is 19.4 Å². The van der Waals surface area contributed by atoms with E-state index in [-0.39, 0.29) is 11.9 Å². The Hall–Kier alpha value is -1.20. The second-order valence-electron chi connectivity index (χ2n) is 4.81. The molecule has 0 bridgehead atoms. The molecule has 0 radical (unpaired) electrons. The number of rotatable bonds is 5. The highest BCUT2D eigenvalue weighted by Gasteiger charge is 2.13. The highest BCUT2D eigenvalue weighted by molar-refractivity contribution is 9.10. The van der Waals surface area contributed by atoms with E-state index < -0.39 is 0 Å². The van der Waals surface area contributed by atoms with Gasteiger partial charge in [0, 0.05) is 29.2 Å². The zero-order valence-electron chi connectivity index (χ0n) is 11.7. The van der Waals surface area contributed by atoms with Gasteiger partial charge >= 0.3 is 0 Å². The van der Waals surface area contributed by atoms with Crippen molar-refractivity contribution >= 4 is 15.9 Å². The van der Waals surface area contributed by atoms with Crippen LogP contribution in [0.15, 0.2) is 28.7 Å². The van der Waals surface area contributed by atoms with Crippen molar-refractivity contribution in [3.05, 3.63) is 51.5 Å². The number of benzene rings is 1. The molecule has 1 unspecified atom stereocenters. The van der Waals surface area contributed by atoms with Crippen LogP contribution in [-0.4, -0.2) is 9.78 Å². The molecular weight excluding hydrogens is 321 g/mol. The molecule has 2 aromatic rings. The van der Waals surface area contributed by atoms with E-state index in [1.54, 1.807) is 0 Å². The molecule has 0 saturated carbocycles. The molecule has 1 atom stereocenters. The molecule has 2 N–H and O–H groups in total. The first-order valence-electron chi connectivity index (χ1n) is 6.80. The number of nitrogens with two attached hydrogens (primary N) is 1. The fourth-order valence-corrected chi connectivity index (χ4v) is 2.74. The number of aryl methyl sites for hydroxylation is 2. The van der Waals surface area contributed by atoms with Crippen LogP contribution in [0.5, 0.6) is 0 Å². The third-order valence-corrected chi connectivity index (χ3v) is 3.78. The van der Waals surface area contributed by atoms with E-state index in [9.17, 15) is 4.39 Å². The summed E-state index contributed by atoms with van der Waals surface area (Å²) in [5.41, 5.74) is 9.16. The van der Waals surface area contributed by atoms with Gasteiger partial charge in [-0.05, 0) is 43.2 Å². The maximum Gasteiger partial charge on any atom is 0.124 e. The van der Waals surface area contributed by atoms with E-state index in [1.165, 1.54) is 12.1 Å². The van der Waals surface area contributed by atoms with Gasteiger partial charge in [-0.2, -0.15) is 5.10 Å². The maximum atomic E-state index is 13.4. The lowest BCUT2D eigenvalue weighted by atomic mass is 10.0. The lowest BCUT2D eigenvalue weighted by Crippen LogP contribution is -2.16. The molecule has 1 aromatic heterocycles. The van der Waals surface area contributed by atoms with Crippen molar-refractivity contribution in [1.29, 1.82) is 0 Å². The molecule has 0 aliphatic carbocycles. The SMILES string of the molecule is CCc1cc(CC(N)c2cc(F)cc(Br)c2)n(CC)n1. The second kappa shape index (κ2) is 6.50. The van der Waals surface area contributed by atoms with Crippen LogP contribution in [0.2, 0.25) is 0 Å². The maximum absolute atomic E-state index is 13.4. The minimum absolute atomic E-state index is 0.242. The van der Waals surface area contributed by atoms with Gasteiger partial charge in [0.05, 0.1) is 5.69 Å². The second-order valence-corrected chi connectivity index (χ2v) is 5.73. The Bertz CT molecular complexity index is 575. The number of aromatic nitrogens is 2. The van der Waals surface area contributed by atoms with Crippen molar-refractivity contribution in [3.63, 3.8) is 0 Å². The summed E-state index contributed by atoms with van der Waals surface area (Å²) in [7, 11) is 0. The first kappa shape index (κ1) is 15.2. The summed E-state index contributed by atoms with van der Waals surface area (Å²) in [6.07, 6.45) is 1.55. The predicted octanol–water partition coefficient (Wildman–Crippen LogP) is 3.61. The molecule has 0 spiro atoms. The third kappa shape index (κ3) is 3.46. The smallest absolute Gasteiger partial charge is 0.124 e. The van der Waals surface area contributed by atoms with E-state index in [2.05, 4.69) is 40.9 Å². The zero-order chi connectivity index (χ0) is 14.7. The van der Waals surface area contributed by atoms with Gasteiger partial charge in [-0.15, -0.1) is 0 Å². The highest BCUT2D eigenvalue weighted by atomic mass is 79.9. The summed E-state index contributed by atoms with van der Waals surface area (Å²) >= 11 is 3.30. The molecule has 2 rings (SSSR count). The van der Waals surface area contributed by atoms with E-state index in [4.69, 9.17) is 5.73 Å². The normalized spacial score (nSPS) is 12.7. The van der Waals surface area contributed by atoms with Crippen molar-refractivity contribution in [3.8, 4) is 0 Å². The van der Waals surface area contributed by atoms with Gasteiger partial charge in [0.25, 0.3) is 0 Å². The Morgan fingerprint density at radius 1 is 1.30 bits per heavy atom. The van der Waals surface area contributed by atoms with Gasteiger partial charge < -0.3 is 5.73 Å². The molecule has 3 nitrogen and oxygen atoms in total. The standard InChI is InChI=1S/C15H19BrFN3/c1-3-13-8-14(20(4-2)19-13)9-15(18)10-5-11(16)7-12(17)6-10/h5-8,15H,3-4,9,18H2,1-2H3. The molecule has 1 aromatic carbocycles. The summed E-state index contributed by atoms with van der Waals surface area (Å²) in [4.78, 5) is 0. The average molecular weight is 340 g/mol. The summed E-state index contributed by atoms with van der Waals surface area (Å²) in [6, 6.07) is 6.62. The highest BCUT2D eigenvalue weighted by Crippen LogP contribution is 2.22. The summed E-state index contributed by atoms with van der Waals surface area (Å²) in [5.74, 6) is -0.275. The fraction of sp³-hybridized carbons (Fsp3) is 0.400. The number of hydrogen-bond donors (Lipinski definition) is 1. The fourth-order valence-electron chi connectivity index (χ4n) is 2.26. The van der Waals surface area contributed by atoms with Crippen LogP contribution in [0, 0.1) is 5.82 Å². The van der Waals surface area contributed by atoms with Gasteiger partial charge in [0.2, 0.25) is 0 Å². The number of nitrogens with zero attached hydrogens (tertiary/aromatic N) is 2. The lowest BCUT2D eigenvalue weighted by molar-refractivity contribution is 0.580. The molecule has 5 heteroatoms. The minimum Gasteiger partial charge on any atom is -0.324 e. The predicted molar refractivity (Wildman–Crippen MR) is 82.0 cm³/mol. The Labute approximate surface area is 127 Å². The van der Waals surface area contributed by atoms with Crippen LogP contribution in [0.25, 0.3) is 0 Å². The molecule has 0 aliphatic rings. The van der Waals surface area contributed by atoms with Crippen molar-refractivity contribution < 1.29 is 4.39 Å². The van der Waals surface area contributed by atoms with Crippen molar-refractivity contribution in [2.75, 3.05) is 0 Å². The minimum atomic E-state index is -0.275. The Balaban J connectivity index is 2.22. The molecule has 1 heterocycles. The summed E-state index contributed by atoms with van der Waals surface area (Å²) < 4.78 is 16.1. The van der Waals surface area contributed by atoms with Gasteiger partial charge in [-0.1, -0.05) is 22.9 Å². The first-order valence-corrected chi connectivity index (χ1v) is 7.60. The Kier molecular flexibility index (Phi) is 4.94. The third-order valence-electron chi connectivity index (χ3n) is 3.32. The van der Waals surface area contributed by atoms with E-state index in [1.807, 2.05) is 10.7 Å². The van der Waals surface area contributed by atoms with Crippen LogP contribution < -0.4 is 5.73 Å². The quantitative estimate of drug-likeness (QED) is 0.904.